The van der Waals surface area contributed by atoms with Crippen LogP contribution in [0.2, 0.25) is 0 Å². The number of rotatable bonds is 4. The molecule has 0 unspecified atom stereocenters. The van der Waals surface area contributed by atoms with Gasteiger partial charge in [-0.25, -0.2) is 9.97 Å². The molecule has 28 heavy (non-hydrogen) atoms. The average Bonchev–Trinajstić information content (AvgIpc) is 2.74. The van der Waals surface area contributed by atoms with Crippen LogP contribution in [0, 0.1) is 0 Å². The van der Waals surface area contributed by atoms with Crippen molar-refractivity contribution >= 4 is 29.1 Å². The lowest BCUT2D eigenvalue weighted by molar-refractivity contribution is 0.382. The minimum Gasteiger partial charge on any atom is -0.356 e. The van der Waals surface area contributed by atoms with E-state index in [4.69, 9.17) is 4.99 Å². The van der Waals surface area contributed by atoms with Gasteiger partial charge in [0.05, 0.1) is 5.69 Å². The minimum atomic E-state index is 0.831. The summed E-state index contributed by atoms with van der Waals surface area (Å²) in [5, 5.41) is 4.35. The molecule has 5 nitrogen and oxygen atoms in total. The van der Waals surface area contributed by atoms with Crippen LogP contribution >= 0.6 is 11.8 Å². The first-order valence-electron chi connectivity index (χ1n) is 9.56. The average molecular weight is 388 g/mol. The van der Waals surface area contributed by atoms with Crippen molar-refractivity contribution < 1.29 is 0 Å². The number of benzene rings is 2. The molecular formula is C22H21N5S. The molecule has 0 saturated heterocycles. The van der Waals surface area contributed by atoms with Crippen LogP contribution in [0.3, 0.4) is 0 Å². The van der Waals surface area contributed by atoms with Crippen LogP contribution in [-0.4, -0.2) is 33.8 Å². The Labute approximate surface area is 168 Å². The molecule has 0 aliphatic carbocycles. The number of nitrogens with one attached hydrogen (secondary N) is 1. The Morgan fingerprint density at radius 3 is 2.82 bits per heavy atom. The third kappa shape index (κ3) is 3.60. The van der Waals surface area contributed by atoms with Crippen LogP contribution in [0.1, 0.15) is 17.5 Å². The van der Waals surface area contributed by atoms with Gasteiger partial charge >= 0.3 is 0 Å². The topological polar surface area (TPSA) is 53.4 Å². The first-order valence-corrected chi connectivity index (χ1v) is 10.4. The van der Waals surface area contributed by atoms with Crippen molar-refractivity contribution in [2.45, 2.75) is 29.3 Å². The summed E-state index contributed by atoms with van der Waals surface area (Å²) in [4.78, 5) is 17.2. The van der Waals surface area contributed by atoms with Gasteiger partial charge in [-0.2, -0.15) is 0 Å². The zero-order valence-electron chi connectivity index (χ0n) is 15.5. The molecule has 0 radical (unpaired) electrons. The second-order valence-electron chi connectivity index (χ2n) is 7.00. The highest BCUT2D eigenvalue weighted by Gasteiger charge is 2.20. The molecule has 0 bridgehead atoms. The summed E-state index contributed by atoms with van der Waals surface area (Å²) in [6.45, 7) is 2.90. The van der Waals surface area contributed by atoms with Gasteiger partial charge in [-0.15, -0.1) is 0 Å². The fraction of sp³-hybridized carbons (Fsp3) is 0.227. The zero-order valence-corrected chi connectivity index (χ0v) is 16.3. The molecule has 3 aromatic rings. The summed E-state index contributed by atoms with van der Waals surface area (Å²) in [7, 11) is 0. The van der Waals surface area contributed by atoms with E-state index in [1.54, 1.807) is 24.2 Å². The highest BCUT2D eigenvalue weighted by atomic mass is 32.2. The zero-order chi connectivity index (χ0) is 18.8. The summed E-state index contributed by atoms with van der Waals surface area (Å²) in [6.07, 6.45) is 5.42. The van der Waals surface area contributed by atoms with E-state index in [1.165, 1.54) is 21.9 Å². The van der Waals surface area contributed by atoms with Crippen LogP contribution in [0.4, 0.5) is 11.5 Å². The first kappa shape index (κ1) is 17.3. The SMILES string of the molecule is c1ccc(CN2CCCN=C2Cc2ccc3c(c2)Nc2nccnc2S3)cc1. The number of aromatic nitrogens is 2. The van der Waals surface area contributed by atoms with E-state index in [2.05, 4.69) is 68.7 Å². The predicted octanol–water partition coefficient (Wildman–Crippen LogP) is 4.53. The summed E-state index contributed by atoms with van der Waals surface area (Å²) < 4.78 is 0. The monoisotopic (exact) mass is 387 g/mol. The van der Waals surface area contributed by atoms with Crippen molar-refractivity contribution in [2.75, 3.05) is 18.4 Å². The molecule has 5 rings (SSSR count). The maximum absolute atomic E-state index is 4.84. The Bertz CT molecular complexity index is 1020. The molecule has 2 aromatic carbocycles. The Morgan fingerprint density at radius 1 is 1.00 bits per heavy atom. The largest absolute Gasteiger partial charge is 0.356 e. The van der Waals surface area contributed by atoms with Crippen molar-refractivity contribution in [3.05, 3.63) is 72.1 Å². The number of fused-ring (bicyclic) bond motifs is 2. The highest BCUT2D eigenvalue weighted by Crippen LogP contribution is 2.42. The number of aliphatic imine (C=N–C) groups is 1. The van der Waals surface area contributed by atoms with E-state index in [9.17, 15) is 0 Å². The van der Waals surface area contributed by atoms with E-state index in [1.807, 2.05) is 0 Å². The molecule has 0 amide bonds. The Hall–Kier alpha value is -2.86. The van der Waals surface area contributed by atoms with Gasteiger partial charge in [0.15, 0.2) is 5.82 Å². The Morgan fingerprint density at radius 2 is 1.89 bits per heavy atom. The van der Waals surface area contributed by atoms with Crippen LogP contribution in [0.5, 0.6) is 0 Å². The number of amidine groups is 1. The smallest absolute Gasteiger partial charge is 0.163 e. The van der Waals surface area contributed by atoms with Crippen LogP contribution in [0.15, 0.2) is 75.8 Å². The molecule has 3 heterocycles. The number of hydrogen-bond donors (Lipinski definition) is 1. The Balaban J connectivity index is 1.35. The van der Waals surface area contributed by atoms with Gasteiger partial charge < -0.3 is 10.2 Å². The Kier molecular flexibility index (Phi) is 4.71. The molecule has 140 valence electrons. The molecule has 2 aliphatic rings. The van der Waals surface area contributed by atoms with Gasteiger partial charge in [-0.3, -0.25) is 4.99 Å². The van der Waals surface area contributed by atoms with E-state index in [0.29, 0.717) is 0 Å². The summed E-state index contributed by atoms with van der Waals surface area (Å²) >= 11 is 1.66. The third-order valence-corrected chi connectivity index (χ3v) is 6.06. The quantitative estimate of drug-likeness (QED) is 0.557. The molecule has 6 heteroatoms. The number of hydrogen-bond acceptors (Lipinski definition) is 6. The van der Waals surface area contributed by atoms with E-state index < -0.39 is 0 Å². The summed E-state index contributed by atoms with van der Waals surface area (Å²) in [5.74, 6) is 2.01. The van der Waals surface area contributed by atoms with Crippen molar-refractivity contribution in [3.8, 4) is 0 Å². The fourth-order valence-corrected chi connectivity index (χ4v) is 4.49. The maximum atomic E-state index is 4.84. The maximum Gasteiger partial charge on any atom is 0.163 e. The van der Waals surface area contributed by atoms with Gasteiger partial charge in [0.1, 0.15) is 10.9 Å². The minimum absolute atomic E-state index is 0.831. The van der Waals surface area contributed by atoms with Crippen molar-refractivity contribution in [2.24, 2.45) is 4.99 Å². The molecule has 0 saturated carbocycles. The van der Waals surface area contributed by atoms with Gasteiger partial charge in [0.2, 0.25) is 0 Å². The predicted molar refractivity (Wildman–Crippen MR) is 113 cm³/mol. The molecule has 0 spiro atoms. The summed E-state index contributed by atoms with van der Waals surface area (Å²) in [6, 6.07) is 17.2. The second-order valence-corrected chi connectivity index (χ2v) is 8.03. The lowest BCUT2D eigenvalue weighted by Crippen LogP contribution is -2.36. The molecule has 0 fully saturated rings. The summed E-state index contributed by atoms with van der Waals surface area (Å²) in [5.41, 5.74) is 3.69. The normalized spacial score (nSPS) is 15.3. The second kappa shape index (κ2) is 7.64. The first-order chi connectivity index (χ1) is 13.8. The van der Waals surface area contributed by atoms with Gasteiger partial charge in [-0.05, 0) is 29.7 Å². The molecule has 1 aromatic heterocycles. The van der Waals surface area contributed by atoms with Crippen molar-refractivity contribution in [1.82, 2.24) is 14.9 Å². The lowest BCUT2D eigenvalue weighted by Gasteiger charge is -2.30. The number of anilines is 2. The highest BCUT2D eigenvalue weighted by molar-refractivity contribution is 7.99. The van der Waals surface area contributed by atoms with Crippen LogP contribution in [-0.2, 0) is 13.0 Å². The number of nitrogens with zero attached hydrogens (tertiary/aromatic N) is 4. The van der Waals surface area contributed by atoms with Crippen molar-refractivity contribution in [1.29, 1.82) is 0 Å². The van der Waals surface area contributed by atoms with Gasteiger partial charge in [0.25, 0.3) is 0 Å². The van der Waals surface area contributed by atoms with Crippen LogP contribution in [0.25, 0.3) is 0 Å². The third-order valence-electron chi connectivity index (χ3n) is 4.99. The fourth-order valence-electron chi connectivity index (χ4n) is 3.61. The molecule has 0 atom stereocenters. The lowest BCUT2D eigenvalue weighted by atomic mass is 10.1. The van der Waals surface area contributed by atoms with E-state index >= 15 is 0 Å². The molecular weight excluding hydrogens is 366 g/mol. The van der Waals surface area contributed by atoms with Crippen molar-refractivity contribution in [3.63, 3.8) is 0 Å². The molecule has 1 N–H and O–H groups in total. The van der Waals surface area contributed by atoms with E-state index in [0.717, 1.165) is 49.0 Å². The van der Waals surface area contributed by atoms with Crippen LogP contribution < -0.4 is 5.32 Å². The van der Waals surface area contributed by atoms with Gasteiger partial charge in [-0.1, -0.05) is 48.2 Å². The van der Waals surface area contributed by atoms with Gasteiger partial charge in [0, 0.05) is 43.3 Å². The molecule has 2 aliphatic heterocycles. The standard InChI is InChI=1S/C22H21N5S/c1-2-5-16(6-3-1)15-27-12-4-9-23-20(27)14-17-7-8-19-18(13-17)26-21-22(28-19)25-11-10-24-21/h1-3,5-8,10-11,13H,4,9,12,14-15H2,(H,24,26). The van der Waals surface area contributed by atoms with E-state index in [-0.39, 0.29) is 0 Å².